The predicted octanol–water partition coefficient (Wildman–Crippen LogP) is 1.90. The normalized spacial score (nSPS) is 12.7. The van der Waals surface area contributed by atoms with Gasteiger partial charge in [-0.1, -0.05) is 6.92 Å². The lowest BCUT2D eigenvalue weighted by molar-refractivity contribution is 0.0430. The first-order chi connectivity index (χ1) is 7.24. The Bertz CT molecular complexity index is 320. The largest absolute Gasteiger partial charge is 0.370 e. The van der Waals surface area contributed by atoms with E-state index in [1.165, 1.54) is 0 Å². The highest BCUT2D eigenvalue weighted by Gasteiger charge is 2.22. The van der Waals surface area contributed by atoms with Crippen molar-refractivity contribution in [3.63, 3.8) is 0 Å². The summed E-state index contributed by atoms with van der Waals surface area (Å²) in [7, 11) is 0. The molecule has 0 aromatic carbocycles. The van der Waals surface area contributed by atoms with Crippen molar-refractivity contribution in [2.75, 3.05) is 6.61 Å². The summed E-state index contributed by atoms with van der Waals surface area (Å²) in [6.07, 6.45) is 3.78. The molecule has 1 atom stereocenters. The van der Waals surface area contributed by atoms with Crippen LogP contribution in [-0.2, 0) is 11.3 Å². The van der Waals surface area contributed by atoms with Gasteiger partial charge in [0.2, 0.25) is 5.78 Å². The zero-order chi connectivity index (χ0) is 11.3. The zero-order valence-electron chi connectivity index (χ0n) is 9.56. The number of hydrogen-bond donors (Lipinski definition) is 0. The Labute approximate surface area is 90.3 Å². The molecule has 0 aliphatic rings. The maximum Gasteiger partial charge on any atom is 0.226 e. The van der Waals surface area contributed by atoms with Crippen molar-refractivity contribution < 1.29 is 9.53 Å². The second-order valence-corrected chi connectivity index (χ2v) is 3.25. The Morgan fingerprint density at radius 1 is 1.53 bits per heavy atom. The summed E-state index contributed by atoms with van der Waals surface area (Å²) in [5, 5.41) is 0. The molecule has 0 radical (unpaired) electrons. The van der Waals surface area contributed by atoms with Gasteiger partial charge in [-0.05, 0) is 20.3 Å². The molecule has 0 aliphatic carbocycles. The van der Waals surface area contributed by atoms with Crippen molar-refractivity contribution in [2.24, 2.45) is 0 Å². The summed E-state index contributed by atoms with van der Waals surface area (Å²) in [4.78, 5) is 16.1. The van der Waals surface area contributed by atoms with E-state index in [4.69, 9.17) is 4.74 Å². The van der Waals surface area contributed by atoms with Gasteiger partial charge >= 0.3 is 0 Å². The Kier molecular flexibility index (Phi) is 4.49. The fraction of sp³-hybridized carbons (Fsp3) is 0.636. The second kappa shape index (κ2) is 5.66. The second-order valence-electron chi connectivity index (χ2n) is 3.25. The first kappa shape index (κ1) is 11.9. The number of rotatable bonds is 6. The molecule has 0 fully saturated rings. The molecule has 4 heteroatoms. The first-order valence-electron chi connectivity index (χ1n) is 5.41. The van der Waals surface area contributed by atoms with E-state index in [0.29, 0.717) is 18.9 Å². The molecule has 1 rings (SSSR count). The van der Waals surface area contributed by atoms with Crippen LogP contribution in [0, 0.1) is 0 Å². The van der Waals surface area contributed by atoms with Crippen LogP contribution in [0.3, 0.4) is 0 Å². The monoisotopic (exact) mass is 210 g/mol. The van der Waals surface area contributed by atoms with Crippen molar-refractivity contribution in [3.05, 3.63) is 18.2 Å². The molecule has 1 unspecified atom stereocenters. The van der Waals surface area contributed by atoms with E-state index in [1.54, 1.807) is 6.20 Å². The van der Waals surface area contributed by atoms with Crippen LogP contribution in [0.25, 0.3) is 0 Å². The number of hydrogen-bond acceptors (Lipinski definition) is 3. The number of imidazole rings is 1. The van der Waals surface area contributed by atoms with E-state index in [-0.39, 0.29) is 11.9 Å². The lowest BCUT2D eigenvalue weighted by Gasteiger charge is -2.13. The minimum atomic E-state index is -0.359. The SMILES string of the molecule is CCOC(CC)C(=O)c1nccn1CC. The van der Waals surface area contributed by atoms with Crippen molar-refractivity contribution >= 4 is 5.78 Å². The number of carbonyl (C=O) groups is 1. The molecular weight excluding hydrogens is 192 g/mol. The van der Waals surface area contributed by atoms with E-state index in [9.17, 15) is 4.79 Å². The average molecular weight is 210 g/mol. The molecule has 4 nitrogen and oxygen atoms in total. The number of carbonyl (C=O) groups excluding carboxylic acids is 1. The molecule has 1 aromatic rings. The van der Waals surface area contributed by atoms with Crippen LogP contribution in [-0.4, -0.2) is 28.0 Å². The third kappa shape index (κ3) is 2.65. The summed E-state index contributed by atoms with van der Waals surface area (Å²) in [6, 6.07) is 0. The van der Waals surface area contributed by atoms with Crippen LogP contribution in [0.15, 0.2) is 12.4 Å². The highest BCUT2D eigenvalue weighted by molar-refractivity contribution is 5.96. The predicted molar refractivity (Wildman–Crippen MR) is 57.9 cm³/mol. The van der Waals surface area contributed by atoms with Gasteiger partial charge in [0.1, 0.15) is 6.10 Å². The van der Waals surface area contributed by atoms with Gasteiger partial charge in [0.15, 0.2) is 5.82 Å². The number of ether oxygens (including phenoxy) is 1. The quantitative estimate of drug-likeness (QED) is 0.673. The standard InChI is InChI=1S/C11H18N2O2/c1-4-9(15-6-3)10(14)11-12-7-8-13(11)5-2/h7-9H,4-6H2,1-3H3. The fourth-order valence-electron chi connectivity index (χ4n) is 1.51. The number of Topliss-reactive ketones (excluding diaryl/α,β-unsaturated/α-hetero) is 1. The fourth-order valence-corrected chi connectivity index (χ4v) is 1.51. The molecule has 1 aromatic heterocycles. The van der Waals surface area contributed by atoms with E-state index in [2.05, 4.69) is 4.98 Å². The van der Waals surface area contributed by atoms with Gasteiger partial charge in [-0.3, -0.25) is 4.79 Å². The number of aryl methyl sites for hydroxylation is 1. The Balaban J connectivity index is 2.82. The Morgan fingerprint density at radius 3 is 2.80 bits per heavy atom. The van der Waals surface area contributed by atoms with E-state index in [1.807, 2.05) is 31.5 Å². The molecule has 84 valence electrons. The molecule has 0 amide bonds. The van der Waals surface area contributed by atoms with Crippen LogP contribution >= 0.6 is 0 Å². The minimum absolute atomic E-state index is 0.0220. The van der Waals surface area contributed by atoms with E-state index in [0.717, 1.165) is 6.54 Å². The van der Waals surface area contributed by atoms with E-state index < -0.39 is 0 Å². The highest BCUT2D eigenvalue weighted by atomic mass is 16.5. The lowest BCUT2D eigenvalue weighted by atomic mass is 10.1. The van der Waals surface area contributed by atoms with Gasteiger partial charge in [0, 0.05) is 25.5 Å². The molecule has 1 heterocycles. The number of aromatic nitrogens is 2. The smallest absolute Gasteiger partial charge is 0.226 e. The highest BCUT2D eigenvalue weighted by Crippen LogP contribution is 2.08. The van der Waals surface area contributed by atoms with Crippen LogP contribution in [0.1, 0.15) is 37.8 Å². The van der Waals surface area contributed by atoms with Crippen LogP contribution in [0.2, 0.25) is 0 Å². The molecule has 0 N–H and O–H groups in total. The molecule has 0 saturated carbocycles. The van der Waals surface area contributed by atoms with Gasteiger partial charge in [0.25, 0.3) is 0 Å². The van der Waals surface area contributed by atoms with Crippen molar-refractivity contribution in [1.82, 2.24) is 9.55 Å². The van der Waals surface area contributed by atoms with Crippen LogP contribution in [0.4, 0.5) is 0 Å². The van der Waals surface area contributed by atoms with Crippen molar-refractivity contribution in [2.45, 2.75) is 39.8 Å². The van der Waals surface area contributed by atoms with Gasteiger partial charge in [-0.15, -0.1) is 0 Å². The molecule has 0 saturated heterocycles. The topological polar surface area (TPSA) is 44.1 Å². The summed E-state index contributed by atoms with van der Waals surface area (Å²) in [6.45, 7) is 7.13. The third-order valence-corrected chi connectivity index (χ3v) is 2.31. The molecule has 0 bridgehead atoms. The lowest BCUT2D eigenvalue weighted by Crippen LogP contribution is -2.26. The van der Waals surface area contributed by atoms with E-state index >= 15 is 0 Å². The van der Waals surface area contributed by atoms with Crippen LogP contribution < -0.4 is 0 Å². The first-order valence-corrected chi connectivity index (χ1v) is 5.41. The molecule has 15 heavy (non-hydrogen) atoms. The van der Waals surface area contributed by atoms with Crippen molar-refractivity contribution in [3.8, 4) is 0 Å². The molecule has 0 spiro atoms. The zero-order valence-corrected chi connectivity index (χ0v) is 9.56. The van der Waals surface area contributed by atoms with Gasteiger partial charge < -0.3 is 9.30 Å². The summed E-state index contributed by atoms with van der Waals surface area (Å²) < 4.78 is 7.21. The number of ketones is 1. The number of nitrogens with zero attached hydrogens (tertiary/aromatic N) is 2. The Hall–Kier alpha value is -1.16. The van der Waals surface area contributed by atoms with Crippen molar-refractivity contribution in [1.29, 1.82) is 0 Å². The van der Waals surface area contributed by atoms with Gasteiger partial charge in [-0.25, -0.2) is 4.98 Å². The molecule has 0 aliphatic heterocycles. The maximum absolute atomic E-state index is 12.0. The average Bonchev–Trinajstić information content (AvgIpc) is 2.72. The molecular formula is C11H18N2O2. The van der Waals surface area contributed by atoms with Gasteiger partial charge in [-0.2, -0.15) is 0 Å². The summed E-state index contributed by atoms with van der Waals surface area (Å²) in [5.41, 5.74) is 0. The Morgan fingerprint density at radius 2 is 2.27 bits per heavy atom. The minimum Gasteiger partial charge on any atom is -0.370 e. The maximum atomic E-state index is 12.0. The summed E-state index contributed by atoms with van der Waals surface area (Å²) in [5.74, 6) is 0.476. The van der Waals surface area contributed by atoms with Crippen LogP contribution in [0.5, 0.6) is 0 Å². The van der Waals surface area contributed by atoms with Gasteiger partial charge in [0.05, 0.1) is 0 Å². The summed E-state index contributed by atoms with van der Waals surface area (Å²) >= 11 is 0. The third-order valence-electron chi connectivity index (χ3n) is 2.31.